The molecule has 3 heterocycles. The summed E-state index contributed by atoms with van der Waals surface area (Å²) >= 11 is 0. The Morgan fingerprint density at radius 2 is 1.82 bits per heavy atom. The van der Waals surface area contributed by atoms with Crippen LogP contribution in [0.25, 0.3) is 0 Å². The van der Waals surface area contributed by atoms with Crippen molar-refractivity contribution >= 4 is 17.9 Å². The first-order valence-corrected chi connectivity index (χ1v) is 14.0. The van der Waals surface area contributed by atoms with Crippen LogP contribution < -0.4 is 10.6 Å². The van der Waals surface area contributed by atoms with Gasteiger partial charge < -0.3 is 14.8 Å². The third kappa shape index (κ3) is 6.93. The quantitative estimate of drug-likeness (QED) is 0.418. The fourth-order valence-corrected chi connectivity index (χ4v) is 5.81. The molecule has 204 valence electrons. The number of nitrogens with zero attached hydrogens (tertiary/aromatic N) is 2. The van der Waals surface area contributed by atoms with E-state index in [9.17, 15) is 14.4 Å². The number of piperidine rings is 1. The molecule has 38 heavy (non-hydrogen) atoms. The van der Waals surface area contributed by atoms with Gasteiger partial charge >= 0.3 is 6.09 Å². The summed E-state index contributed by atoms with van der Waals surface area (Å²) in [6.07, 6.45) is 6.63. The second-order valence-electron chi connectivity index (χ2n) is 10.8. The van der Waals surface area contributed by atoms with Gasteiger partial charge in [0, 0.05) is 31.6 Å². The van der Waals surface area contributed by atoms with Gasteiger partial charge in [0.1, 0.15) is 12.1 Å². The maximum atomic E-state index is 12.4. The fraction of sp³-hybridized carbons (Fsp3) is 0.621. The summed E-state index contributed by atoms with van der Waals surface area (Å²) in [6.45, 7) is 5.50. The molecule has 4 fully saturated rings. The number of hydrogen-bond acceptors (Lipinski definition) is 7. The first kappa shape index (κ1) is 26.7. The molecule has 2 N–H and O–H groups in total. The smallest absolute Gasteiger partial charge is 0.411 e. The molecule has 3 saturated heterocycles. The van der Waals surface area contributed by atoms with E-state index in [1.54, 1.807) is 0 Å². The van der Waals surface area contributed by atoms with Gasteiger partial charge in [0.15, 0.2) is 0 Å². The van der Waals surface area contributed by atoms with Crippen LogP contribution in [-0.4, -0.2) is 85.7 Å². The topological polar surface area (TPSA) is 100 Å². The van der Waals surface area contributed by atoms with Crippen LogP contribution in [0.4, 0.5) is 4.79 Å². The van der Waals surface area contributed by atoms with Gasteiger partial charge in [-0.25, -0.2) is 4.79 Å². The van der Waals surface area contributed by atoms with Gasteiger partial charge in [0.05, 0.1) is 25.8 Å². The van der Waals surface area contributed by atoms with E-state index in [0.717, 1.165) is 49.8 Å². The fourth-order valence-electron chi connectivity index (χ4n) is 5.81. The molecule has 3 aliphatic heterocycles. The number of cyclic esters (lactones) is 1. The van der Waals surface area contributed by atoms with Gasteiger partial charge in [-0.2, -0.15) is 0 Å². The first-order valence-electron chi connectivity index (χ1n) is 14.0. The Bertz CT molecular complexity index is 1060. The van der Waals surface area contributed by atoms with Gasteiger partial charge in [-0.3, -0.25) is 24.7 Å². The van der Waals surface area contributed by atoms with Crippen molar-refractivity contribution in [3.05, 3.63) is 35.4 Å². The van der Waals surface area contributed by atoms with Crippen molar-refractivity contribution in [3.63, 3.8) is 0 Å². The summed E-state index contributed by atoms with van der Waals surface area (Å²) in [4.78, 5) is 39.7. The number of amides is 3. The molecule has 1 aromatic carbocycles. The minimum atomic E-state index is -0.664. The van der Waals surface area contributed by atoms with E-state index in [1.165, 1.54) is 37.0 Å². The molecule has 1 aliphatic carbocycles. The number of ether oxygens (including phenoxy) is 2. The van der Waals surface area contributed by atoms with Crippen LogP contribution in [0.5, 0.6) is 0 Å². The molecule has 0 spiro atoms. The molecular formula is C29H38N4O5. The highest BCUT2D eigenvalue weighted by atomic mass is 16.6. The highest BCUT2D eigenvalue weighted by Crippen LogP contribution is 2.29. The van der Waals surface area contributed by atoms with Crippen molar-refractivity contribution in [1.29, 1.82) is 0 Å². The average molecular weight is 523 g/mol. The van der Waals surface area contributed by atoms with Gasteiger partial charge in [0.25, 0.3) is 0 Å². The lowest BCUT2D eigenvalue weighted by atomic mass is 9.89. The zero-order valence-corrected chi connectivity index (χ0v) is 22.0. The number of hydrogen-bond donors (Lipinski definition) is 2. The van der Waals surface area contributed by atoms with Crippen LogP contribution in [0.15, 0.2) is 24.3 Å². The van der Waals surface area contributed by atoms with E-state index in [-0.39, 0.29) is 25.0 Å². The number of rotatable bonds is 7. The monoisotopic (exact) mass is 522 g/mol. The Kier molecular flexibility index (Phi) is 8.94. The molecule has 0 radical (unpaired) electrons. The Labute approximate surface area is 224 Å². The Morgan fingerprint density at radius 3 is 2.61 bits per heavy atom. The van der Waals surface area contributed by atoms with E-state index in [2.05, 4.69) is 27.4 Å². The minimum absolute atomic E-state index is 0.210. The van der Waals surface area contributed by atoms with Crippen molar-refractivity contribution in [2.45, 2.75) is 63.2 Å². The number of nitrogens with one attached hydrogen (secondary N) is 2. The molecular weight excluding hydrogens is 484 g/mol. The van der Waals surface area contributed by atoms with Gasteiger partial charge in [-0.05, 0) is 49.4 Å². The number of carbonyl (C=O) groups is 3. The van der Waals surface area contributed by atoms with Crippen molar-refractivity contribution in [3.8, 4) is 11.8 Å². The molecule has 1 unspecified atom stereocenters. The molecule has 1 aromatic rings. The zero-order chi connectivity index (χ0) is 26.3. The third-order valence-electron chi connectivity index (χ3n) is 8.00. The zero-order valence-electron chi connectivity index (χ0n) is 22.0. The van der Waals surface area contributed by atoms with E-state index >= 15 is 0 Å². The van der Waals surface area contributed by atoms with Crippen LogP contribution in [0.2, 0.25) is 0 Å². The number of benzene rings is 1. The molecule has 9 heteroatoms. The number of imide groups is 1. The molecule has 0 aromatic heterocycles. The largest absolute Gasteiger partial charge is 0.439 e. The lowest BCUT2D eigenvalue weighted by Gasteiger charge is -2.32. The van der Waals surface area contributed by atoms with Crippen molar-refractivity contribution in [1.82, 2.24) is 20.4 Å². The predicted octanol–water partition coefficient (Wildman–Crippen LogP) is 2.21. The Hall–Kier alpha value is -2.93. The number of morpholine rings is 1. The average Bonchev–Trinajstić information content (AvgIpc) is 3.31. The summed E-state index contributed by atoms with van der Waals surface area (Å²) in [6, 6.07) is 7.03. The molecule has 3 atom stereocenters. The molecule has 3 amide bonds. The third-order valence-corrected chi connectivity index (χ3v) is 8.00. The molecule has 9 nitrogen and oxygen atoms in total. The second kappa shape index (κ2) is 12.7. The normalized spacial score (nSPS) is 27.0. The maximum absolute atomic E-state index is 12.4. The second-order valence-corrected chi connectivity index (χ2v) is 10.8. The highest BCUT2D eigenvalue weighted by Gasteiger charge is 2.41. The van der Waals surface area contributed by atoms with E-state index in [1.807, 2.05) is 24.3 Å². The van der Waals surface area contributed by atoms with E-state index in [0.29, 0.717) is 13.0 Å². The summed E-state index contributed by atoms with van der Waals surface area (Å²) < 4.78 is 11.5. The molecule has 0 bridgehead atoms. The van der Waals surface area contributed by atoms with Crippen LogP contribution in [0.3, 0.4) is 0 Å². The van der Waals surface area contributed by atoms with Crippen LogP contribution in [-0.2, 0) is 19.1 Å². The standard InChI is InChI=1S/C29H38N4O5/c34-27-13-12-25(28(35)31-27)33-20-26(38-29(33)36)23-10-8-21(9-11-23)7-4-14-32-15-16-37-24(19-32)18-30-17-22-5-2-1-3-6-22/h8-11,22,24-26,30H,1-3,5-6,12-20H2,(H,31,34,35)/t24-,25?,26+/m0/s1. The summed E-state index contributed by atoms with van der Waals surface area (Å²) in [5.41, 5.74) is 1.76. The number of carbonyl (C=O) groups excluding carboxylic acids is 3. The molecule has 1 saturated carbocycles. The van der Waals surface area contributed by atoms with E-state index in [4.69, 9.17) is 9.47 Å². The van der Waals surface area contributed by atoms with Crippen molar-refractivity contribution in [2.75, 3.05) is 45.9 Å². The first-order chi connectivity index (χ1) is 18.5. The summed E-state index contributed by atoms with van der Waals surface area (Å²) in [7, 11) is 0. The van der Waals surface area contributed by atoms with Gasteiger partial charge in [0.2, 0.25) is 11.8 Å². The van der Waals surface area contributed by atoms with Crippen molar-refractivity contribution < 1.29 is 23.9 Å². The minimum Gasteiger partial charge on any atom is -0.439 e. The van der Waals surface area contributed by atoms with Crippen LogP contribution in [0, 0.1) is 17.8 Å². The van der Waals surface area contributed by atoms with Gasteiger partial charge in [-0.1, -0.05) is 43.2 Å². The summed E-state index contributed by atoms with van der Waals surface area (Å²) in [5, 5.41) is 5.93. The SMILES string of the molecule is O=C1CCC(N2C[C@H](c3ccc(C#CCN4CCO[C@@H](CNCC5CCCCC5)C4)cc3)OC2=O)C(=O)N1. The van der Waals surface area contributed by atoms with Crippen LogP contribution >= 0.6 is 0 Å². The lowest BCUT2D eigenvalue weighted by molar-refractivity contribution is -0.136. The van der Waals surface area contributed by atoms with Gasteiger partial charge in [-0.15, -0.1) is 0 Å². The highest BCUT2D eigenvalue weighted by molar-refractivity contribution is 6.01. The predicted molar refractivity (Wildman–Crippen MR) is 141 cm³/mol. The summed E-state index contributed by atoms with van der Waals surface area (Å²) in [5.74, 6) is 6.61. The lowest BCUT2D eigenvalue weighted by Crippen LogP contribution is -2.52. The van der Waals surface area contributed by atoms with E-state index < -0.39 is 24.1 Å². The molecule has 4 aliphatic rings. The van der Waals surface area contributed by atoms with Crippen molar-refractivity contribution in [2.24, 2.45) is 5.92 Å². The Morgan fingerprint density at radius 1 is 1.00 bits per heavy atom. The Balaban J connectivity index is 1.06. The molecule has 5 rings (SSSR count). The maximum Gasteiger partial charge on any atom is 0.411 e. The van der Waals surface area contributed by atoms with Crippen LogP contribution in [0.1, 0.15) is 62.2 Å².